The Bertz CT molecular complexity index is 325. The van der Waals surface area contributed by atoms with Gasteiger partial charge in [-0.1, -0.05) is 11.8 Å². The van der Waals surface area contributed by atoms with E-state index >= 15 is 0 Å². The van der Waals surface area contributed by atoms with E-state index in [1.807, 2.05) is 4.90 Å². The summed E-state index contributed by atoms with van der Waals surface area (Å²) in [5.74, 6) is 6.29. The lowest BCUT2D eigenvalue weighted by Gasteiger charge is -2.32. The second-order valence-electron chi connectivity index (χ2n) is 4.83. The molecule has 4 nitrogen and oxygen atoms in total. The average molecular weight is 235 g/mol. The lowest BCUT2D eigenvalue weighted by atomic mass is 10.2. The summed E-state index contributed by atoms with van der Waals surface area (Å²) in [5, 5.41) is 2.85. The summed E-state index contributed by atoms with van der Waals surface area (Å²) in [4.78, 5) is 15.8. The Hall–Kier alpha value is -1.21. The van der Waals surface area contributed by atoms with E-state index in [1.54, 1.807) is 0 Å². The minimum Gasteiger partial charge on any atom is -0.338 e. The standard InChI is InChI=1S/C13H21N3O/c1-12-6-7-14-13(17)16(12)11-5-4-10-15-8-2-3-9-15/h12H,2-3,6-11H2,1H3,(H,14,17). The molecule has 2 aliphatic rings. The van der Waals surface area contributed by atoms with Crippen LogP contribution in [0.3, 0.4) is 0 Å². The first-order valence-electron chi connectivity index (χ1n) is 6.50. The van der Waals surface area contributed by atoms with Gasteiger partial charge in [-0.25, -0.2) is 4.79 Å². The Balaban J connectivity index is 1.76. The fraction of sp³-hybridized carbons (Fsp3) is 0.769. The predicted molar refractivity (Wildman–Crippen MR) is 67.6 cm³/mol. The molecule has 94 valence electrons. The molecule has 2 amide bonds. The molecule has 0 saturated carbocycles. The van der Waals surface area contributed by atoms with Gasteiger partial charge in [0.05, 0.1) is 13.1 Å². The normalized spacial score (nSPS) is 25.4. The number of urea groups is 1. The third-order valence-electron chi connectivity index (χ3n) is 3.51. The SMILES string of the molecule is CC1CCNC(=O)N1CC#CCN1CCCC1. The van der Waals surface area contributed by atoms with Crippen LogP contribution in [0, 0.1) is 11.8 Å². The van der Waals surface area contributed by atoms with Crippen LogP contribution in [0.1, 0.15) is 26.2 Å². The highest BCUT2D eigenvalue weighted by molar-refractivity contribution is 5.75. The van der Waals surface area contributed by atoms with Gasteiger partial charge in [0.2, 0.25) is 0 Å². The number of carbonyl (C=O) groups excluding carboxylic acids is 1. The zero-order valence-electron chi connectivity index (χ0n) is 10.5. The topological polar surface area (TPSA) is 35.6 Å². The average Bonchev–Trinajstić information content (AvgIpc) is 2.80. The number of nitrogens with zero attached hydrogens (tertiary/aromatic N) is 2. The summed E-state index contributed by atoms with van der Waals surface area (Å²) in [5.41, 5.74) is 0. The van der Waals surface area contributed by atoms with Crippen molar-refractivity contribution in [2.24, 2.45) is 0 Å². The highest BCUT2D eigenvalue weighted by Gasteiger charge is 2.22. The monoisotopic (exact) mass is 235 g/mol. The van der Waals surface area contributed by atoms with E-state index in [1.165, 1.54) is 25.9 Å². The smallest absolute Gasteiger partial charge is 0.318 e. The summed E-state index contributed by atoms with van der Waals surface area (Å²) >= 11 is 0. The maximum absolute atomic E-state index is 11.6. The van der Waals surface area contributed by atoms with Crippen LogP contribution in [-0.4, -0.2) is 54.6 Å². The first kappa shape index (κ1) is 12.3. The first-order valence-corrected chi connectivity index (χ1v) is 6.50. The maximum Gasteiger partial charge on any atom is 0.318 e. The summed E-state index contributed by atoms with van der Waals surface area (Å²) in [7, 11) is 0. The number of hydrogen-bond acceptors (Lipinski definition) is 2. The molecule has 4 heteroatoms. The van der Waals surface area contributed by atoms with Crippen molar-refractivity contribution >= 4 is 6.03 Å². The van der Waals surface area contributed by atoms with Crippen molar-refractivity contribution < 1.29 is 4.79 Å². The number of carbonyl (C=O) groups is 1. The molecule has 0 radical (unpaired) electrons. The molecular formula is C13H21N3O. The van der Waals surface area contributed by atoms with Gasteiger partial charge in [0.1, 0.15) is 0 Å². The van der Waals surface area contributed by atoms with Crippen molar-refractivity contribution in [2.75, 3.05) is 32.7 Å². The van der Waals surface area contributed by atoms with Gasteiger partial charge in [-0.3, -0.25) is 4.90 Å². The third kappa shape index (κ3) is 3.37. The number of rotatable bonds is 2. The molecule has 1 N–H and O–H groups in total. The van der Waals surface area contributed by atoms with Gasteiger partial charge in [-0.2, -0.15) is 0 Å². The van der Waals surface area contributed by atoms with E-state index in [0.717, 1.165) is 19.5 Å². The summed E-state index contributed by atoms with van der Waals surface area (Å²) < 4.78 is 0. The van der Waals surface area contributed by atoms with Crippen LogP contribution in [0.4, 0.5) is 4.79 Å². The number of likely N-dealkylation sites (tertiary alicyclic amines) is 1. The van der Waals surface area contributed by atoms with E-state index in [2.05, 4.69) is 29.0 Å². The Morgan fingerprint density at radius 2 is 2.00 bits per heavy atom. The van der Waals surface area contributed by atoms with Gasteiger partial charge >= 0.3 is 6.03 Å². The largest absolute Gasteiger partial charge is 0.338 e. The van der Waals surface area contributed by atoms with Gasteiger partial charge in [-0.05, 0) is 39.3 Å². The fourth-order valence-electron chi connectivity index (χ4n) is 2.32. The van der Waals surface area contributed by atoms with Crippen molar-refractivity contribution in [2.45, 2.75) is 32.2 Å². The van der Waals surface area contributed by atoms with Gasteiger partial charge in [0.15, 0.2) is 0 Å². The molecule has 0 aromatic heterocycles. The zero-order chi connectivity index (χ0) is 12.1. The Morgan fingerprint density at radius 3 is 2.71 bits per heavy atom. The second kappa shape index (κ2) is 5.92. The lowest BCUT2D eigenvalue weighted by Crippen LogP contribution is -2.51. The molecule has 1 atom stereocenters. The van der Waals surface area contributed by atoms with Crippen molar-refractivity contribution in [3.63, 3.8) is 0 Å². The first-order chi connectivity index (χ1) is 8.27. The molecule has 2 saturated heterocycles. The van der Waals surface area contributed by atoms with E-state index in [9.17, 15) is 4.79 Å². The minimum absolute atomic E-state index is 0.0271. The highest BCUT2D eigenvalue weighted by atomic mass is 16.2. The predicted octanol–water partition coefficient (Wildman–Crippen LogP) is 0.889. The summed E-state index contributed by atoms with van der Waals surface area (Å²) in [6.07, 6.45) is 3.61. The lowest BCUT2D eigenvalue weighted by molar-refractivity contribution is 0.169. The van der Waals surface area contributed by atoms with Crippen molar-refractivity contribution in [3.8, 4) is 11.8 Å². The van der Waals surface area contributed by atoms with Gasteiger partial charge in [-0.15, -0.1) is 0 Å². The molecule has 0 aromatic rings. The molecule has 2 heterocycles. The molecular weight excluding hydrogens is 214 g/mol. The molecule has 2 aliphatic heterocycles. The Kier molecular flexibility index (Phi) is 4.27. The number of hydrogen-bond donors (Lipinski definition) is 1. The minimum atomic E-state index is 0.0271. The molecule has 0 spiro atoms. The van der Waals surface area contributed by atoms with Gasteiger partial charge in [0.25, 0.3) is 0 Å². The van der Waals surface area contributed by atoms with Crippen LogP contribution in [0.25, 0.3) is 0 Å². The molecule has 1 unspecified atom stereocenters. The van der Waals surface area contributed by atoms with Crippen LogP contribution in [0.2, 0.25) is 0 Å². The van der Waals surface area contributed by atoms with Crippen LogP contribution in [0.15, 0.2) is 0 Å². The molecule has 0 aliphatic carbocycles. The van der Waals surface area contributed by atoms with Crippen LogP contribution < -0.4 is 5.32 Å². The Morgan fingerprint density at radius 1 is 1.29 bits per heavy atom. The highest BCUT2D eigenvalue weighted by Crippen LogP contribution is 2.08. The Labute approximate surface area is 103 Å². The van der Waals surface area contributed by atoms with Crippen molar-refractivity contribution in [1.29, 1.82) is 0 Å². The third-order valence-corrected chi connectivity index (χ3v) is 3.51. The summed E-state index contributed by atoms with van der Waals surface area (Å²) in [6.45, 7) is 6.63. The van der Waals surface area contributed by atoms with Gasteiger partial charge < -0.3 is 10.2 Å². The van der Waals surface area contributed by atoms with Crippen LogP contribution in [0.5, 0.6) is 0 Å². The summed E-state index contributed by atoms with van der Waals surface area (Å²) in [6, 6.07) is 0.337. The van der Waals surface area contributed by atoms with Crippen molar-refractivity contribution in [3.05, 3.63) is 0 Å². The van der Waals surface area contributed by atoms with E-state index in [4.69, 9.17) is 0 Å². The molecule has 2 fully saturated rings. The maximum atomic E-state index is 11.6. The zero-order valence-corrected chi connectivity index (χ0v) is 10.5. The quantitative estimate of drug-likeness (QED) is 0.722. The van der Waals surface area contributed by atoms with E-state index in [0.29, 0.717) is 12.6 Å². The molecule has 0 bridgehead atoms. The van der Waals surface area contributed by atoms with E-state index < -0.39 is 0 Å². The van der Waals surface area contributed by atoms with Crippen LogP contribution in [-0.2, 0) is 0 Å². The van der Waals surface area contributed by atoms with Gasteiger partial charge in [0, 0.05) is 12.6 Å². The molecule has 17 heavy (non-hydrogen) atoms. The molecule has 0 aromatic carbocycles. The number of amides is 2. The second-order valence-corrected chi connectivity index (χ2v) is 4.83. The number of nitrogens with one attached hydrogen (secondary N) is 1. The van der Waals surface area contributed by atoms with Crippen LogP contribution >= 0.6 is 0 Å². The molecule has 2 rings (SSSR count). The van der Waals surface area contributed by atoms with Crippen molar-refractivity contribution in [1.82, 2.24) is 15.1 Å². The fourth-order valence-corrected chi connectivity index (χ4v) is 2.32. The van der Waals surface area contributed by atoms with E-state index in [-0.39, 0.29) is 6.03 Å².